The van der Waals surface area contributed by atoms with Crippen molar-refractivity contribution in [1.29, 1.82) is 0 Å². The van der Waals surface area contributed by atoms with Crippen LogP contribution < -0.4 is 15.8 Å². The van der Waals surface area contributed by atoms with E-state index in [9.17, 15) is 0 Å². The summed E-state index contributed by atoms with van der Waals surface area (Å²) in [5.74, 6) is 2.06. The third-order valence-corrected chi connectivity index (χ3v) is 4.57. The van der Waals surface area contributed by atoms with E-state index < -0.39 is 0 Å². The zero-order valence-electron chi connectivity index (χ0n) is 16.9. The fourth-order valence-electron chi connectivity index (χ4n) is 2.97. The van der Waals surface area contributed by atoms with Crippen molar-refractivity contribution in [2.24, 2.45) is 4.99 Å². The Labute approximate surface area is 171 Å². The second-order valence-corrected chi connectivity index (χ2v) is 6.50. The summed E-state index contributed by atoms with van der Waals surface area (Å²) in [6.45, 7) is 8.31. The Hall–Kier alpha value is -3.60. The van der Waals surface area contributed by atoms with Gasteiger partial charge in [-0.25, -0.2) is 9.98 Å². The number of benzene rings is 2. The summed E-state index contributed by atoms with van der Waals surface area (Å²) in [4.78, 5) is 8.89. The van der Waals surface area contributed by atoms with Gasteiger partial charge in [0.1, 0.15) is 18.2 Å². The zero-order valence-corrected chi connectivity index (χ0v) is 16.9. The van der Waals surface area contributed by atoms with Gasteiger partial charge in [0.2, 0.25) is 0 Å². The maximum Gasteiger partial charge on any atom is 0.154 e. The highest BCUT2D eigenvalue weighted by Crippen LogP contribution is 2.30. The number of fused-ring (bicyclic) bond motifs is 1. The topological polar surface area (TPSA) is 72.5 Å². The Morgan fingerprint density at radius 3 is 2.72 bits per heavy atom. The SMILES string of the molecule is C=CC(=Nc1cc(COc2ccc(N)c3ccccc23)ccn1)N/C(=C\C)CC. The smallest absolute Gasteiger partial charge is 0.154 e. The molecule has 0 unspecified atom stereocenters. The van der Waals surface area contributed by atoms with E-state index in [-0.39, 0.29) is 0 Å². The maximum absolute atomic E-state index is 6.07. The first-order valence-electron chi connectivity index (χ1n) is 9.63. The van der Waals surface area contributed by atoms with E-state index in [0.29, 0.717) is 18.3 Å². The van der Waals surface area contributed by atoms with Gasteiger partial charge in [-0.1, -0.05) is 43.8 Å². The minimum atomic E-state index is 0.408. The molecule has 0 spiro atoms. The van der Waals surface area contributed by atoms with Gasteiger partial charge in [-0.05, 0) is 49.2 Å². The van der Waals surface area contributed by atoms with E-state index in [1.54, 1.807) is 12.3 Å². The van der Waals surface area contributed by atoms with Crippen molar-refractivity contribution in [3.8, 4) is 5.75 Å². The Kier molecular flexibility index (Phi) is 6.63. The van der Waals surface area contributed by atoms with Gasteiger partial charge in [0.05, 0.1) is 0 Å². The molecule has 0 saturated carbocycles. The lowest BCUT2D eigenvalue weighted by Gasteiger charge is -2.11. The number of nitrogens with one attached hydrogen (secondary N) is 1. The van der Waals surface area contributed by atoms with Crippen LogP contribution >= 0.6 is 0 Å². The Balaban J connectivity index is 1.78. The number of anilines is 1. The summed E-state index contributed by atoms with van der Waals surface area (Å²) >= 11 is 0. The Morgan fingerprint density at radius 1 is 1.21 bits per heavy atom. The number of pyridine rings is 1. The number of nitrogens with zero attached hydrogens (tertiary/aromatic N) is 2. The molecular formula is C24H26N4O. The molecule has 29 heavy (non-hydrogen) atoms. The van der Waals surface area contributed by atoms with E-state index in [2.05, 4.69) is 28.8 Å². The second-order valence-electron chi connectivity index (χ2n) is 6.50. The summed E-state index contributed by atoms with van der Waals surface area (Å²) in [7, 11) is 0. The normalized spacial score (nSPS) is 12.1. The molecule has 0 radical (unpaired) electrons. The first-order valence-corrected chi connectivity index (χ1v) is 9.63. The molecule has 1 aromatic heterocycles. The number of hydrogen-bond acceptors (Lipinski definition) is 4. The van der Waals surface area contributed by atoms with Gasteiger partial charge in [-0.3, -0.25) is 0 Å². The van der Waals surface area contributed by atoms with Crippen LogP contribution in [0.25, 0.3) is 10.8 Å². The van der Waals surface area contributed by atoms with Crippen LogP contribution in [-0.2, 0) is 6.61 Å². The van der Waals surface area contributed by atoms with Crippen LogP contribution in [0.15, 0.2) is 84.1 Å². The molecule has 0 atom stereocenters. The Bertz CT molecular complexity index is 1070. The molecular weight excluding hydrogens is 360 g/mol. The highest BCUT2D eigenvalue weighted by atomic mass is 16.5. The molecule has 0 bridgehead atoms. The number of rotatable bonds is 7. The summed E-state index contributed by atoms with van der Waals surface area (Å²) < 4.78 is 6.07. The first kappa shape index (κ1) is 20.1. The number of amidine groups is 1. The van der Waals surface area contributed by atoms with Crippen molar-refractivity contribution in [3.63, 3.8) is 0 Å². The second kappa shape index (κ2) is 9.55. The van der Waals surface area contributed by atoms with Crippen LogP contribution in [0.1, 0.15) is 25.8 Å². The van der Waals surface area contributed by atoms with Crippen LogP contribution in [0.5, 0.6) is 5.75 Å². The minimum absolute atomic E-state index is 0.408. The van der Waals surface area contributed by atoms with Crippen LogP contribution in [0.3, 0.4) is 0 Å². The number of aromatic nitrogens is 1. The fourth-order valence-corrected chi connectivity index (χ4v) is 2.97. The van der Waals surface area contributed by atoms with Crippen molar-refractivity contribution < 1.29 is 4.74 Å². The lowest BCUT2D eigenvalue weighted by Crippen LogP contribution is -2.20. The highest BCUT2D eigenvalue weighted by molar-refractivity contribution is 5.97. The molecule has 0 aliphatic carbocycles. The molecule has 148 valence electrons. The van der Waals surface area contributed by atoms with E-state index in [0.717, 1.165) is 39.9 Å². The van der Waals surface area contributed by atoms with Gasteiger partial charge in [0.15, 0.2) is 5.82 Å². The number of nitrogens with two attached hydrogens (primary N) is 1. The van der Waals surface area contributed by atoms with Crippen LogP contribution in [-0.4, -0.2) is 10.8 Å². The van der Waals surface area contributed by atoms with E-state index in [1.165, 1.54) is 0 Å². The van der Waals surface area contributed by atoms with E-state index in [1.807, 2.05) is 61.5 Å². The van der Waals surface area contributed by atoms with Crippen molar-refractivity contribution in [3.05, 3.63) is 84.7 Å². The molecule has 1 heterocycles. The monoisotopic (exact) mass is 386 g/mol. The molecule has 5 nitrogen and oxygen atoms in total. The fraction of sp³-hybridized carbons (Fsp3) is 0.167. The number of aliphatic imine (C=N–C) groups is 1. The third-order valence-electron chi connectivity index (χ3n) is 4.57. The molecule has 2 aromatic carbocycles. The predicted octanol–water partition coefficient (Wildman–Crippen LogP) is 5.52. The molecule has 0 amide bonds. The van der Waals surface area contributed by atoms with Crippen LogP contribution in [0.2, 0.25) is 0 Å². The molecule has 0 fully saturated rings. The van der Waals surface area contributed by atoms with Crippen molar-refractivity contribution >= 4 is 28.1 Å². The number of nitrogen functional groups attached to an aromatic ring is 1. The largest absolute Gasteiger partial charge is 0.488 e. The van der Waals surface area contributed by atoms with E-state index in [4.69, 9.17) is 10.5 Å². The van der Waals surface area contributed by atoms with Gasteiger partial charge in [-0.2, -0.15) is 0 Å². The van der Waals surface area contributed by atoms with Gasteiger partial charge in [0.25, 0.3) is 0 Å². The summed E-state index contributed by atoms with van der Waals surface area (Å²) in [6.07, 6.45) is 6.33. The van der Waals surface area contributed by atoms with E-state index >= 15 is 0 Å². The van der Waals surface area contributed by atoms with Crippen molar-refractivity contribution in [2.45, 2.75) is 26.9 Å². The standard InChI is InChI=1S/C24H26N4O/c1-4-18(5-2)27-23(6-3)28-24-15-17(13-14-26-24)16-29-22-12-11-21(25)19-9-7-8-10-20(19)22/h4,6-15H,3,5,16,25H2,1-2H3,(H,26,27,28)/b18-4-. The molecule has 0 saturated heterocycles. The lowest BCUT2D eigenvalue weighted by atomic mass is 10.1. The molecule has 5 heteroatoms. The first-order chi connectivity index (χ1) is 14.1. The predicted molar refractivity (Wildman–Crippen MR) is 121 cm³/mol. The summed E-state index contributed by atoms with van der Waals surface area (Å²) in [5, 5.41) is 5.25. The van der Waals surface area contributed by atoms with Crippen LogP contribution in [0.4, 0.5) is 11.5 Å². The van der Waals surface area contributed by atoms with Gasteiger partial charge in [0, 0.05) is 28.4 Å². The maximum atomic E-state index is 6.07. The Morgan fingerprint density at radius 2 is 2.00 bits per heavy atom. The number of allylic oxidation sites excluding steroid dienone is 2. The average molecular weight is 386 g/mol. The molecule has 0 aliphatic rings. The molecule has 3 aromatic rings. The quantitative estimate of drug-likeness (QED) is 0.319. The van der Waals surface area contributed by atoms with Crippen LogP contribution in [0, 0.1) is 0 Å². The summed E-state index contributed by atoms with van der Waals surface area (Å²) in [5.41, 5.74) is 8.87. The van der Waals surface area contributed by atoms with Crippen molar-refractivity contribution in [2.75, 3.05) is 5.73 Å². The molecule has 3 rings (SSSR count). The molecule has 3 N–H and O–H groups in total. The van der Waals surface area contributed by atoms with Gasteiger partial charge < -0.3 is 15.8 Å². The number of hydrogen-bond donors (Lipinski definition) is 2. The lowest BCUT2D eigenvalue weighted by molar-refractivity contribution is 0.310. The zero-order chi connectivity index (χ0) is 20.6. The van der Waals surface area contributed by atoms with Crippen molar-refractivity contribution in [1.82, 2.24) is 10.3 Å². The third kappa shape index (κ3) is 5.02. The number of ether oxygens (including phenoxy) is 1. The highest BCUT2D eigenvalue weighted by Gasteiger charge is 2.06. The van der Waals surface area contributed by atoms with Gasteiger partial charge in [-0.15, -0.1) is 0 Å². The molecule has 0 aliphatic heterocycles. The average Bonchev–Trinajstić information content (AvgIpc) is 2.76. The summed E-state index contributed by atoms with van der Waals surface area (Å²) in [6, 6.07) is 15.6. The minimum Gasteiger partial charge on any atom is -0.488 e. The van der Waals surface area contributed by atoms with Gasteiger partial charge >= 0.3 is 0 Å².